The van der Waals surface area contributed by atoms with E-state index < -0.39 is 11.9 Å². The van der Waals surface area contributed by atoms with Crippen LogP contribution in [0.3, 0.4) is 0 Å². The molecule has 0 atom stereocenters. The van der Waals surface area contributed by atoms with E-state index in [2.05, 4.69) is 4.98 Å². The molecule has 18 heavy (non-hydrogen) atoms. The second kappa shape index (κ2) is 5.60. The van der Waals surface area contributed by atoms with Crippen LogP contribution < -0.4 is 0 Å². The molecule has 0 aliphatic heterocycles. The average Bonchev–Trinajstić information content (AvgIpc) is 2.37. The van der Waals surface area contributed by atoms with E-state index in [1.807, 2.05) is 0 Å². The van der Waals surface area contributed by atoms with E-state index in [0.717, 1.165) is 6.07 Å². The molecule has 0 saturated heterocycles. The van der Waals surface area contributed by atoms with Crippen molar-refractivity contribution in [2.45, 2.75) is 6.61 Å². The van der Waals surface area contributed by atoms with Crippen molar-refractivity contribution in [3.8, 4) is 0 Å². The number of pyridine rings is 1. The van der Waals surface area contributed by atoms with Crippen molar-refractivity contribution in [2.24, 2.45) is 0 Å². The molecular weight excluding hydrogens is 257 g/mol. The van der Waals surface area contributed by atoms with E-state index in [4.69, 9.17) is 16.3 Å². The third-order valence-corrected chi connectivity index (χ3v) is 2.61. The van der Waals surface area contributed by atoms with Gasteiger partial charge in [-0.3, -0.25) is 0 Å². The number of nitrogens with zero attached hydrogens (tertiary/aromatic N) is 1. The van der Waals surface area contributed by atoms with Crippen molar-refractivity contribution in [3.05, 3.63) is 64.7 Å². The Labute approximate surface area is 108 Å². The van der Waals surface area contributed by atoms with Gasteiger partial charge < -0.3 is 4.74 Å². The number of ether oxygens (including phenoxy) is 1. The standard InChI is InChI=1S/C13H9ClFNO2/c14-10-5-2-1-4-9(10)8-18-13(17)11-6-3-7-12(15)16-11/h1-7H,8H2. The Balaban J connectivity index is 2.03. The summed E-state index contributed by atoms with van der Waals surface area (Å²) in [6.07, 6.45) is 0. The quantitative estimate of drug-likeness (QED) is 0.632. The molecule has 3 nitrogen and oxygen atoms in total. The number of rotatable bonds is 3. The molecule has 0 radical (unpaired) electrons. The Bertz CT molecular complexity index is 574. The summed E-state index contributed by atoms with van der Waals surface area (Å²) in [6.45, 7) is 0.0245. The summed E-state index contributed by atoms with van der Waals surface area (Å²) >= 11 is 5.91. The number of esters is 1. The highest BCUT2D eigenvalue weighted by molar-refractivity contribution is 6.31. The Hall–Kier alpha value is -1.94. The minimum atomic E-state index is -0.720. The molecule has 2 rings (SSSR count). The van der Waals surface area contributed by atoms with Crippen LogP contribution in [0, 0.1) is 5.95 Å². The van der Waals surface area contributed by atoms with E-state index in [-0.39, 0.29) is 12.3 Å². The second-order valence-corrected chi connectivity index (χ2v) is 3.92. The molecular formula is C13H9ClFNO2. The largest absolute Gasteiger partial charge is 0.456 e. The lowest BCUT2D eigenvalue weighted by Crippen LogP contribution is -2.08. The van der Waals surface area contributed by atoms with E-state index >= 15 is 0 Å². The van der Waals surface area contributed by atoms with Gasteiger partial charge in [0.25, 0.3) is 0 Å². The zero-order valence-corrected chi connectivity index (χ0v) is 10.0. The lowest BCUT2D eigenvalue weighted by molar-refractivity contribution is 0.0464. The maximum atomic E-state index is 12.8. The van der Waals surface area contributed by atoms with Gasteiger partial charge in [-0.1, -0.05) is 35.9 Å². The van der Waals surface area contributed by atoms with Crippen molar-refractivity contribution in [3.63, 3.8) is 0 Å². The van der Waals surface area contributed by atoms with Gasteiger partial charge >= 0.3 is 5.97 Å². The third kappa shape index (κ3) is 3.05. The summed E-state index contributed by atoms with van der Waals surface area (Å²) in [5, 5.41) is 0.512. The van der Waals surface area contributed by atoms with Crippen molar-refractivity contribution in [1.29, 1.82) is 0 Å². The Kier molecular flexibility index (Phi) is 3.89. The first-order valence-corrected chi connectivity index (χ1v) is 5.57. The zero-order valence-electron chi connectivity index (χ0n) is 9.27. The topological polar surface area (TPSA) is 39.2 Å². The molecule has 0 saturated carbocycles. The Morgan fingerprint density at radius 3 is 2.72 bits per heavy atom. The van der Waals surface area contributed by atoms with Gasteiger partial charge in [0.05, 0.1) is 0 Å². The van der Waals surface area contributed by atoms with E-state index in [0.29, 0.717) is 10.6 Å². The first-order chi connectivity index (χ1) is 8.66. The lowest BCUT2D eigenvalue weighted by Gasteiger charge is -2.05. The SMILES string of the molecule is O=C(OCc1ccccc1Cl)c1cccc(F)n1. The van der Waals surface area contributed by atoms with Crippen LogP contribution >= 0.6 is 11.6 Å². The van der Waals surface area contributed by atoms with Crippen LogP contribution in [0.1, 0.15) is 16.1 Å². The number of aromatic nitrogens is 1. The number of carbonyl (C=O) groups excluding carboxylic acids is 1. The third-order valence-electron chi connectivity index (χ3n) is 2.24. The number of hydrogen-bond acceptors (Lipinski definition) is 3. The van der Waals surface area contributed by atoms with Crippen LogP contribution in [0.5, 0.6) is 0 Å². The number of halogens is 2. The van der Waals surface area contributed by atoms with Crippen molar-refractivity contribution < 1.29 is 13.9 Å². The minimum Gasteiger partial charge on any atom is -0.456 e. The van der Waals surface area contributed by atoms with Gasteiger partial charge in [0.2, 0.25) is 5.95 Å². The smallest absolute Gasteiger partial charge is 0.357 e. The molecule has 2 aromatic rings. The van der Waals surface area contributed by atoms with Gasteiger partial charge in [0.1, 0.15) is 6.61 Å². The number of carbonyl (C=O) groups is 1. The molecule has 0 N–H and O–H groups in total. The molecule has 0 unspecified atom stereocenters. The van der Waals surface area contributed by atoms with Crippen molar-refractivity contribution in [2.75, 3.05) is 0 Å². The molecule has 1 aromatic heterocycles. The first-order valence-electron chi connectivity index (χ1n) is 5.20. The Morgan fingerprint density at radius 1 is 1.22 bits per heavy atom. The van der Waals surface area contributed by atoms with Crippen LogP contribution in [0.4, 0.5) is 4.39 Å². The highest BCUT2D eigenvalue weighted by atomic mass is 35.5. The molecule has 0 amide bonds. The lowest BCUT2D eigenvalue weighted by atomic mass is 10.2. The fourth-order valence-electron chi connectivity index (χ4n) is 1.35. The predicted octanol–water partition coefficient (Wildman–Crippen LogP) is 3.23. The summed E-state index contributed by atoms with van der Waals surface area (Å²) in [5.74, 6) is -1.41. The van der Waals surface area contributed by atoms with Crippen molar-refractivity contribution in [1.82, 2.24) is 4.98 Å². The van der Waals surface area contributed by atoms with Crippen LogP contribution in [-0.4, -0.2) is 11.0 Å². The summed E-state index contributed by atoms with van der Waals surface area (Å²) in [5.41, 5.74) is 0.617. The maximum absolute atomic E-state index is 12.8. The number of hydrogen-bond donors (Lipinski definition) is 0. The number of benzene rings is 1. The highest BCUT2D eigenvalue weighted by Crippen LogP contribution is 2.16. The van der Waals surface area contributed by atoms with E-state index in [1.165, 1.54) is 12.1 Å². The summed E-state index contributed by atoms with van der Waals surface area (Å²) in [7, 11) is 0. The van der Waals surface area contributed by atoms with E-state index in [1.54, 1.807) is 24.3 Å². The Morgan fingerprint density at radius 2 is 2.00 bits per heavy atom. The average molecular weight is 266 g/mol. The highest BCUT2D eigenvalue weighted by Gasteiger charge is 2.10. The van der Waals surface area contributed by atoms with Crippen LogP contribution in [-0.2, 0) is 11.3 Å². The van der Waals surface area contributed by atoms with Gasteiger partial charge in [0, 0.05) is 10.6 Å². The zero-order chi connectivity index (χ0) is 13.0. The molecule has 0 bridgehead atoms. The van der Waals surface area contributed by atoms with Crippen LogP contribution in [0.25, 0.3) is 0 Å². The summed E-state index contributed by atoms with van der Waals surface area (Å²) in [4.78, 5) is 15.0. The van der Waals surface area contributed by atoms with Gasteiger partial charge in [-0.25, -0.2) is 9.78 Å². The molecule has 0 aliphatic carbocycles. The second-order valence-electron chi connectivity index (χ2n) is 3.51. The summed E-state index contributed by atoms with van der Waals surface area (Å²) in [6, 6.07) is 11.0. The summed E-state index contributed by atoms with van der Waals surface area (Å²) < 4.78 is 17.8. The molecule has 0 aliphatic rings. The molecule has 1 heterocycles. The molecule has 0 fully saturated rings. The van der Waals surface area contributed by atoms with Gasteiger partial charge in [0.15, 0.2) is 5.69 Å². The maximum Gasteiger partial charge on any atom is 0.357 e. The fraction of sp³-hybridized carbons (Fsp3) is 0.0769. The van der Waals surface area contributed by atoms with Crippen LogP contribution in [0.15, 0.2) is 42.5 Å². The van der Waals surface area contributed by atoms with Gasteiger partial charge in [-0.2, -0.15) is 4.39 Å². The van der Waals surface area contributed by atoms with E-state index in [9.17, 15) is 9.18 Å². The molecule has 92 valence electrons. The fourth-order valence-corrected chi connectivity index (χ4v) is 1.54. The predicted molar refractivity (Wildman–Crippen MR) is 64.8 cm³/mol. The minimum absolute atomic E-state index is 0.0245. The normalized spacial score (nSPS) is 10.1. The van der Waals surface area contributed by atoms with Crippen molar-refractivity contribution >= 4 is 17.6 Å². The van der Waals surface area contributed by atoms with Gasteiger partial charge in [-0.15, -0.1) is 0 Å². The first kappa shape index (κ1) is 12.5. The molecule has 1 aromatic carbocycles. The molecule has 5 heteroatoms. The van der Waals surface area contributed by atoms with Gasteiger partial charge in [-0.05, 0) is 18.2 Å². The molecule has 0 spiro atoms. The van der Waals surface area contributed by atoms with Crippen LogP contribution in [0.2, 0.25) is 5.02 Å². The monoisotopic (exact) mass is 265 g/mol.